The van der Waals surface area contributed by atoms with Gasteiger partial charge in [-0.1, -0.05) is 0 Å². The van der Waals surface area contributed by atoms with Gasteiger partial charge >= 0.3 is 24.1 Å². The van der Waals surface area contributed by atoms with Gasteiger partial charge in [-0.3, -0.25) is 9.59 Å². The topological polar surface area (TPSA) is 193 Å². The highest BCUT2D eigenvalue weighted by Crippen LogP contribution is 2.22. The lowest BCUT2D eigenvalue weighted by molar-refractivity contribution is -0.172. The molecule has 0 saturated carbocycles. The number of rotatable bonds is 6. The molecule has 0 amide bonds. The van der Waals surface area contributed by atoms with Crippen molar-refractivity contribution >= 4 is 24.1 Å². The zero-order valence-corrected chi connectivity index (χ0v) is 8.45. The largest absolute Gasteiger partial charge is 0.506 e. The number of aliphatic carboxylic acids is 3. The minimum Gasteiger partial charge on any atom is -0.481 e. The van der Waals surface area contributed by atoms with Crippen LogP contribution in [0.25, 0.3) is 0 Å². The van der Waals surface area contributed by atoms with Crippen LogP contribution in [0.2, 0.25) is 0 Å². The number of carboxylic acids is 3. The van der Waals surface area contributed by atoms with Gasteiger partial charge in [-0.25, -0.2) is 9.59 Å². The van der Waals surface area contributed by atoms with E-state index in [0.717, 1.165) is 0 Å². The number of ether oxygens (including phenoxy) is 1. The third-order valence-electron chi connectivity index (χ3n) is 1.55. The zero-order chi connectivity index (χ0) is 12.9. The highest BCUT2D eigenvalue weighted by atomic mass is 16.7. The number of hydrogen-bond acceptors (Lipinski definition) is 6. The first-order valence-electron chi connectivity index (χ1n) is 3.78. The van der Waals surface area contributed by atoms with Crippen molar-refractivity contribution < 1.29 is 44.3 Å². The minimum absolute atomic E-state index is 0. The molecule has 0 aromatic rings. The Bertz CT molecular complexity index is 295. The van der Waals surface area contributed by atoms with Gasteiger partial charge in [0.1, 0.15) is 0 Å². The Labute approximate surface area is 94.0 Å². The molecule has 0 fully saturated rings. The fourth-order valence-corrected chi connectivity index (χ4v) is 0.985. The molecule has 0 saturated heterocycles. The molecule has 0 aliphatic carbocycles. The van der Waals surface area contributed by atoms with Crippen molar-refractivity contribution in [3.8, 4) is 0 Å². The van der Waals surface area contributed by atoms with Crippen molar-refractivity contribution in [1.29, 1.82) is 0 Å². The Morgan fingerprint density at radius 1 is 0.882 bits per heavy atom. The van der Waals surface area contributed by atoms with Crippen LogP contribution in [0.15, 0.2) is 0 Å². The average molecular weight is 253 g/mol. The number of carboxylic acid groups (broad SMARTS) is 4. The van der Waals surface area contributed by atoms with Crippen molar-refractivity contribution in [2.75, 3.05) is 0 Å². The van der Waals surface area contributed by atoms with Crippen LogP contribution in [0, 0.1) is 0 Å². The molecule has 98 valence electrons. The van der Waals surface area contributed by atoms with Gasteiger partial charge < -0.3 is 31.3 Å². The standard InChI is InChI=1S/C7H8O9.H3N/c8-3(9)1-7(5(12)13,2-4(10)11)16-6(14)15;/h1-2H2,(H,8,9)(H,10,11)(H,12,13)(H,14,15);1H3. The summed E-state index contributed by atoms with van der Waals surface area (Å²) in [5, 5.41) is 33.7. The molecule has 0 aliphatic heterocycles. The van der Waals surface area contributed by atoms with Crippen LogP contribution in [0.5, 0.6) is 0 Å². The summed E-state index contributed by atoms with van der Waals surface area (Å²) in [6, 6.07) is 0. The molecule has 0 aliphatic rings. The second-order valence-corrected chi connectivity index (χ2v) is 2.81. The van der Waals surface area contributed by atoms with Gasteiger partial charge in [0, 0.05) is 0 Å². The molecule has 0 unspecified atom stereocenters. The predicted molar refractivity (Wildman–Crippen MR) is 49.0 cm³/mol. The Morgan fingerprint density at radius 2 is 1.24 bits per heavy atom. The lowest BCUT2D eigenvalue weighted by Gasteiger charge is -2.24. The van der Waals surface area contributed by atoms with Gasteiger partial charge in [0.05, 0.1) is 12.8 Å². The molecular formula is C7H11NO9. The summed E-state index contributed by atoms with van der Waals surface area (Å²) in [6.45, 7) is 0. The summed E-state index contributed by atoms with van der Waals surface area (Å²) in [5.41, 5.74) is -2.82. The van der Waals surface area contributed by atoms with E-state index < -0.39 is 42.5 Å². The van der Waals surface area contributed by atoms with E-state index in [4.69, 9.17) is 20.4 Å². The third-order valence-corrected chi connectivity index (χ3v) is 1.55. The predicted octanol–water partition coefficient (Wildman–Crippen LogP) is -0.384. The molecule has 10 heteroatoms. The van der Waals surface area contributed by atoms with E-state index in [2.05, 4.69) is 4.74 Å². The normalized spacial score (nSPS) is 9.88. The molecule has 0 aromatic carbocycles. The summed E-state index contributed by atoms with van der Waals surface area (Å²) in [5.74, 6) is -5.35. The van der Waals surface area contributed by atoms with Gasteiger partial charge in [0.2, 0.25) is 5.60 Å². The first kappa shape index (κ1) is 17.0. The quantitative estimate of drug-likeness (QED) is 0.389. The Kier molecular flexibility index (Phi) is 6.29. The van der Waals surface area contributed by atoms with Crippen molar-refractivity contribution in [3.05, 3.63) is 0 Å². The summed E-state index contributed by atoms with van der Waals surface area (Å²) in [7, 11) is 0. The molecule has 7 N–H and O–H groups in total. The molecule has 0 rings (SSSR count). The van der Waals surface area contributed by atoms with Gasteiger partial charge in [-0.15, -0.1) is 0 Å². The van der Waals surface area contributed by atoms with Crippen molar-refractivity contribution in [1.82, 2.24) is 6.15 Å². The first-order valence-corrected chi connectivity index (χ1v) is 3.78. The monoisotopic (exact) mass is 253 g/mol. The third kappa shape index (κ3) is 5.32. The van der Waals surface area contributed by atoms with E-state index in [1.54, 1.807) is 0 Å². The van der Waals surface area contributed by atoms with E-state index in [0.29, 0.717) is 0 Å². The summed E-state index contributed by atoms with van der Waals surface area (Å²) in [4.78, 5) is 41.6. The summed E-state index contributed by atoms with van der Waals surface area (Å²) >= 11 is 0. The Morgan fingerprint density at radius 3 is 1.41 bits per heavy atom. The summed E-state index contributed by atoms with van der Waals surface area (Å²) in [6.07, 6.45) is -4.62. The maximum atomic E-state index is 10.7. The van der Waals surface area contributed by atoms with Gasteiger partial charge in [-0.05, 0) is 0 Å². The molecule has 0 heterocycles. The molecule has 0 aromatic heterocycles. The lowest BCUT2D eigenvalue weighted by Crippen LogP contribution is -2.46. The van der Waals surface area contributed by atoms with E-state index in [-0.39, 0.29) is 6.15 Å². The van der Waals surface area contributed by atoms with Gasteiger partial charge in [0.15, 0.2) is 0 Å². The Hall–Kier alpha value is -2.36. The highest BCUT2D eigenvalue weighted by Gasteiger charge is 2.47. The first-order chi connectivity index (χ1) is 7.19. The van der Waals surface area contributed by atoms with Crippen molar-refractivity contribution in [2.24, 2.45) is 0 Å². The van der Waals surface area contributed by atoms with Crippen LogP contribution >= 0.6 is 0 Å². The van der Waals surface area contributed by atoms with Crippen LogP contribution in [0.4, 0.5) is 4.79 Å². The molecule has 10 nitrogen and oxygen atoms in total. The number of hydrogen-bond donors (Lipinski definition) is 5. The number of carbonyl (C=O) groups is 4. The van der Waals surface area contributed by atoms with Gasteiger partial charge in [0.25, 0.3) is 0 Å². The van der Waals surface area contributed by atoms with E-state index >= 15 is 0 Å². The minimum atomic E-state index is -2.82. The highest BCUT2D eigenvalue weighted by molar-refractivity contribution is 5.89. The van der Waals surface area contributed by atoms with Crippen LogP contribution in [-0.2, 0) is 19.1 Å². The fraction of sp³-hybridized carbons (Fsp3) is 0.429. The molecule has 17 heavy (non-hydrogen) atoms. The van der Waals surface area contributed by atoms with Crippen molar-refractivity contribution in [2.45, 2.75) is 18.4 Å². The van der Waals surface area contributed by atoms with E-state index in [1.807, 2.05) is 0 Å². The van der Waals surface area contributed by atoms with E-state index in [9.17, 15) is 19.2 Å². The maximum Gasteiger partial charge on any atom is 0.506 e. The molecular weight excluding hydrogens is 242 g/mol. The molecule has 0 spiro atoms. The molecule has 0 atom stereocenters. The smallest absolute Gasteiger partial charge is 0.481 e. The van der Waals surface area contributed by atoms with Crippen molar-refractivity contribution in [3.63, 3.8) is 0 Å². The lowest BCUT2D eigenvalue weighted by atomic mass is 9.95. The van der Waals surface area contributed by atoms with Crippen LogP contribution in [0.1, 0.15) is 12.8 Å². The maximum absolute atomic E-state index is 10.7. The molecule has 0 bridgehead atoms. The van der Waals surface area contributed by atoms with Crippen LogP contribution in [-0.4, -0.2) is 50.1 Å². The molecule has 0 radical (unpaired) electrons. The second kappa shape index (κ2) is 6.27. The van der Waals surface area contributed by atoms with Crippen LogP contribution < -0.4 is 6.15 Å². The summed E-state index contributed by atoms with van der Waals surface area (Å²) < 4.78 is 3.88. The average Bonchev–Trinajstić information content (AvgIpc) is 1.98. The Balaban J connectivity index is 0. The fourth-order valence-electron chi connectivity index (χ4n) is 0.985. The van der Waals surface area contributed by atoms with Gasteiger partial charge in [-0.2, -0.15) is 0 Å². The SMILES string of the molecule is N.O=C(O)CC(CC(=O)O)(OC(=O)O)C(=O)O. The van der Waals surface area contributed by atoms with E-state index in [1.165, 1.54) is 0 Å². The second-order valence-electron chi connectivity index (χ2n) is 2.81. The zero-order valence-electron chi connectivity index (χ0n) is 8.45. The van der Waals surface area contributed by atoms with Crippen LogP contribution in [0.3, 0.4) is 0 Å².